The molecule has 0 fully saturated rings. The first kappa shape index (κ1) is 13.5. The third-order valence-corrected chi connectivity index (χ3v) is 3.31. The van der Waals surface area contributed by atoms with Gasteiger partial charge < -0.3 is 5.73 Å². The summed E-state index contributed by atoms with van der Waals surface area (Å²) < 4.78 is 1.76. The van der Waals surface area contributed by atoms with Gasteiger partial charge in [0.05, 0.1) is 17.1 Å². The molecule has 2 N–H and O–H groups in total. The van der Waals surface area contributed by atoms with Crippen LogP contribution in [0.3, 0.4) is 0 Å². The van der Waals surface area contributed by atoms with Crippen LogP contribution in [-0.2, 0) is 13.5 Å². The van der Waals surface area contributed by atoms with Crippen molar-refractivity contribution in [1.29, 1.82) is 0 Å². The number of hydrogen-bond acceptors (Lipinski definition) is 5. The van der Waals surface area contributed by atoms with Gasteiger partial charge in [-0.25, -0.2) is 15.0 Å². The molecule has 0 saturated carbocycles. The molecule has 0 spiro atoms. The summed E-state index contributed by atoms with van der Waals surface area (Å²) in [6, 6.07) is 0. The number of anilines is 1. The van der Waals surface area contributed by atoms with Gasteiger partial charge in [0.15, 0.2) is 0 Å². The predicted molar refractivity (Wildman–Crippen MR) is 82.5 cm³/mol. The summed E-state index contributed by atoms with van der Waals surface area (Å²) in [6.45, 7) is 4.30. The molecular formula is C15H18N6. The zero-order valence-electron chi connectivity index (χ0n) is 12.4. The predicted octanol–water partition coefficient (Wildman–Crippen LogP) is 2.21. The SMILES string of the molecule is CC(C)Cc1ncc2c(N)ncc(-c3cnn(C)c3)c2n1. The number of aromatic nitrogens is 5. The van der Waals surface area contributed by atoms with Gasteiger partial charge in [-0.15, -0.1) is 0 Å². The van der Waals surface area contributed by atoms with Crippen LogP contribution in [-0.4, -0.2) is 24.7 Å². The van der Waals surface area contributed by atoms with E-state index in [1.165, 1.54) is 0 Å². The quantitative estimate of drug-likeness (QED) is 0.796. The maximum absolute atomic E-state index is 5.95. The molecular weight excluding hydrogens is 264 g/mol. The van der Waals surface area contributed by atoms with Crippen LogP contribution in [0.25, 0.3) is 22.0 Å². The van der Waals surface area contributed by atoms with Gasteiger partial charge in [0, 0.05) is 43.2 Å². The molecule has 0 aliphatic carbocycles. The highest BCUT2D eigenvalue weighted by atomic mass is 15.2. The molecule has 0 bridgehead atoms. The molecule has 0 aliphatic heterocycles. The van der Waals surface area contributed by atoms with Crippen LogP contribution in [0.1, 0.15) is 19.7 Å². The highest BCUT2D eigenvalue weighted by Gasteiger charge is 2.12. The van der Waals surface area contributed by atoms with E-state index in [2.05, 4.69) is 28.9 Å². The maximum atomic E-state index is 5.95. The van der Waals surface area contributed by atoms with E-state index in [1.54, 1.807) is 23.3 Å². The van der Waals surface area contributed by atoms with Crippen LogP contribution in [0.15, 0.2) is 24.8 Å². The number of nitrogens with two attached hydrogens (primary N) is 1. The molecule has 0 saturated heterocycles. The van der Waals surface area contributed by atoms with Gasteiger partial charge in [-0.05, 0) is 5.92 Å². The van der Waals surface area contributed by atoms with Gasteiger partial charge >= 0.3 is 0 Å². The fraction of sp³-hybridized carbons (Fsp3) is 0.333. The summed E-state index contributed by atoms with van der Waals surface area (Å²) in [5, 5.41) is 4.99. The topological polar surface area (TPSA) is 82.5 Å². The third-order valence-electron chi connectivity index (χ3n) is 3.31. The Balaban J connectivity index is 2.21. The van der Waals surface area contributed by atoms with Crippen molar-refractivity contribution in [3.05, 3.63) is 30.6 Å². The van der Waals surface area contributed by atoms with Crippen molar-refractivity contribution in [2.75, 3.05) is 5.73 Å². The molecule has 3 aromatic rings. The summed E-state index contributed by atoms with van der Waals surface area (Å²) >= 11 is 0. The summed E-state index contributed by atoms with van der Waals surface area (Å²) in [7, 11) is 1.88. The Labute approximate surface area is 123 Å². The Kier molecular flexibility index (Phi) is 3.29. The molecule has 3 rings (SSSR count). The monoisotopic (exact) mass is 282 g/mol. The molecule has 0 radical (unpaired) electrons. The van der Waals surface area contributed by atoms with Crippen molar-refractivity contribution in [3.8, 4) is 11.1 Å². The molecule has 6 heteroatoms. The number of hydrogen-bond donors (Lipinski definition) is 1. The zero-order valence-corrected chi connectivity index (χ0v) is 12.4. The Morgan fingerprint density at radius 1 is 1.19 bits per heavy atom. The minimum absolute atomic E-state index is 0.453. The van der Waals surface area contributed by atoms with Crippen molar-refractivity contribution in [1.82, 2.24) is 24.7 Å². The molecule has 3 heterocycles. The third kappa shape index (κ3) is 2.56. The van der Waals surface area contributed by atoms with Crippen LogP contribution in [0.2, 0.25) is 0 Å². The Morgan fingerprint density at radius 3 is 2.67 bits per heavy atom. The highest BCUT2D eigenvalue weighted by molar-refractivity contribution is 5.97. The van der Waals surface area contributed by atoms with Crippen molar-refractivity contribution in [2.24, 2.45) is 13.0 Å². The van der Waals surface area contributed by atoms with E-state index in [9.17, 15) is 0 Å². The molecule has 3 aromatic heterocycles. The van der Waals surface area contributed by atoms with Crippen molar-refractivity contribution < 1.29 is 0 Å². The minimum Gasteiger partial charge on any atom is -0.383 e. The van der Waals surface area contributed by atoms with Gasteiger partial charge in [0.2, 0.25) is 0 Å². The second-order valence-electron chi connectivity index (χ2n) is 5.61. The average molecular weight is 282 g/mol. The van der Waals surface area contributed by atoms with Crippen molar-refractivity contribution >= 4 is 16.7 Å². The first-order valence-electron chi connectivity index (χ1n) is 6.93. The van der Waals surface area contributed by atoms with Gasteiger partial charge in [0.25, 0.3) is 0 Å². The zero-order chi connectivity index (χ0) is 15.0. The number of nitrogen functional groups attached to an aromatic ring is 1. The smallest absolute Gasteiger partial charge is 0.134 e. The van der Waals surface area contributed by atoms with Crippen LogP contribution >= 0.6 is 0 Å². The van der Waals surface area contributed by atoms with E-state index in [1.807, 2.05) is 13.2 Å². The van der Waals surface area contributed by atoms with E-state index in [4.69, 9.17) is 10.7 Å². The molecule has 6 nitrogen and oxygen atoms in total. The molecule has 0 aliphatic rings. The molecule has 0 aromatic carbocycles. The lowest BCUT2D eigenvalue weighted by Gasteiger charge is -2.08. The van der Waals surface area contributed by atoms with E-state index in [0.717, 1.165) is 34.3 Å². The van der Waals surface area contributed by atoms with Gasteiger partial charge in [0.1, 0.15) is 11.6 Å². The second-order valence-corrected chi connectivity index (χ2v) is 5.61. The van der Waals surface area contributed by atoms with Crippen LogP contribution in [0, 0.1) is 5.92 Å². The van der Waals surface area contributed by atoms with Crippen molar-refractivity contribution in [3.63, 3.8) is 0 Å². The normalized spacial score (nSPS) is 11.4. The number of nitrogens with zero attached hydrogens (tertiary/aromatic N) is 5. The molecule has 0 amide bonds. The summed E-state index contributed by atoms with van der Waals surface area (Å²) in [4.78, 5) is 13.3. The van der Waals surface area contributed by atoms with E-state index in [0.29, 0.717) is 11.7 Å². The summed E-state index contributed by atoms with van der Waals surface area (Å²) in [6.07, 6.45) is 8.10. The lowest BCUT2D eigenvalue weighted by atomic mass is 10.1. The van der Waals surface area contributed by atoms with Crippen molar-refractivity contribution in [2.45, 2.75) is 20.3 Å². The lowest BCUT2D eigenvalue weighted by Crippen LogP contribution is -2.03. The van der Waals surface area contributed by atoms with Crippen LogP contribution < -0.4 is 5.73 Å². The number of rotatable bonds is 3. The Bertz CT molecular complexity index is 790. The highest BCUT2D eigenvalue weighted by Crippen LogP contribution is 2.28. The fourth-order valence-electron chi connectivity index (χ4n) is 2.31. The van der Waals surface area contributed by atoms with E-state index < -0.39 is 0 Å². The average Bonchev–Trinajstić information content (AvgIpc) is 2.85. The molecule has 0 unspecified atom stereocenters. The summed E-state index contributed by atoms with van der Waals surface area (Å²) in [5.74, 6) is 1.78. The van der Waals surface area contributed by atoms with E-state index in [-0.39, 0.29) is 0 Å². The van der Waals surface area contributed by atoms with Gasteiger partial charge in [-0.2, -0.15) is 5.10 Å². The largest absolute Gasteiger partial charge is 0.383 e. The fourth-order valence-corrected chi connectivity index (χ4v) is 2.31. The van der Waals surface area contributed by atoms with Crippen LogP contribution in [0.4, 0.5) is 5.82 Å². The molecule has 108 valence electrons. The second kappa shape index (κ2) is 5.12. The maximum Gasteiger partial charge on any atom is 0.134 e. The molecule has 0 atom stereocenters. The summed E-state index contributed by atoms with van der Waals surface area (Å²) in [5.41, 5.74) is 8.69. The number of pyridine rings is 1. The standard InChI is InChI=1S/C15H18N6/c1-9(2)4-13-17-7-12-14(20-13)11(6-18-15(12)16)10-5-19-21(3)8-10/h5-9H,4H2,1-3H3,(H2,16,18). The first-order chi connectivity index (χ1) is 10.0. The Hall–Kier alpha value is -2.50. The first-order valence-corrected chi connectivity index (χ1v) is 6.93. The Morgan fingerprint density at radius 2 is 2.00 bits per heavy atom. The van der Waals surface area contributed by atoms with E-state index >= 15 is 0 Å². The van der Waals surface area contributed by atoms with Gasteiger partial charge in [-0.1, -0.05) is 13.8 Å². The lowest BCUT2D eigenvalue weighted by molar-refractivity contribution is 0.623. The minimum atomic E-state index is 0.453. The molecule has 21 heavy (non-hydrogen) atoms. The van der Waals surface area contributed by atoms with Gasteiger partial charge in [-0.3, -0.25) is 4.68 Å². The number of aryl methyl sites for hydroxylation is 1. The number of fused-ring (bicyclic) bond motifs is 1. The van der Waals surface area contributed by atoms with Crippen LogP contribution in [0.5, 0.6) is 0 Å².